The average molecular weight is 184 g/mol. The van der Waals surface area contributed by atoms with Gasteiger partial charge in [-0.2, -0.15) is 0 Å². The Labute approximate surface area is 78.0 Å². The molecule has 0 spiro atoms. The molecule has 1 rings (SSSR count). The van der Waals surface area contributed by atoms with E-state index in [1.165, 1.54) is 0 Å². The zero-order valence-electron chi connectivity index (χ0n) is 7.21. The van der Waals surface area contributed by atoms with Crippen molar-refractivity contribution in [1.82, 2.24) is 0 Å². The van der Waals surface area contributed by atoms with Crippen molar-refractivity contribution in [2.45, 2.75) is 19.8 Å². The average Bonchev–Trinajstić information content (AvgIpc) is 2.03. The van der Waals surface area contributed by atoms with Gasteiger partial charge in [0.1, 0.15) is 6.61 Å². The van der Waals surface area contributed by atoms with Crippen LogP contribution in [0.3, 0.4) is 0 Å². The molecule has 0 aliphatic heterocycles. The molecule has 1 aromatic carbocycles. The van der Waals surface area contributed by atoms with Gasteiger partial charge in [-0.25, -0.2) is 0 Å². The lowest BCUT2D eigenvalue weighted by Gasteiger charge is -2.07. The van der Waals surface area contributed by atoms with Crippen LogP contribution in [0.5, 0.6) is 0 Å². The molecule has 1 aromatic rings. The SMILES string of the molecule is CC(C)c1cc(Cl)cc([CH]O)c1. The second-order valence-corrected chi connectivity index (χ2v) is 3.54. The Bertz CT molecular complexity index is 269. The maximum absolute atomic E-state index is 8.78. The number of hydrogen-bond acceptors (Lipinski definition) is 1. The molecule has 0 saturated heterocycles. The van der Waals surface area contributed by atoms with E-state index in [-0.39, 0.29) is 0 Å². The van der Waals surface area contributed by atoms with Crippen molar-refractivity contribution in [3.63, 3.8) is 0 Å². The molecule has 2 heteroatoms. The van der Waals surface area contributed by atoms with Crippen LogP contribution in [0.4, 0.5) is 0 Å². The van der Waals surface area contributed by atoms with Gasteiger partial charge in [0.2, 0.25) is 0 Å². The van der Waals surface area contributed by atoms with E-state index in [0.717, 1.165) is 17.7 Å². The number of halogens is 1. The summed E-state index contributed by atoms with van der Waals surface area (Å²) in [6, 6.07) is 5.57. The molecule has 0 heterocycles. The molecule has 0 atom stereocenters. The number of rotatable bonds is 2. The van der Waals surface area contributed by atoms with Crippen molar-refractivity contribution in [2.75, 3.05) is 0 Å². The molecular weight excluding hydrogens is 172 g/mol. The maximum atomic E-state index is 8.78. The van der Waals surface area contributed by atoms with Gasteiger partial charge < -0.3 is 5.11 Å². The predicted molar refractivity (Wildman–Crippen MR) is 50.9 cm³/mol. The summed E-state index contributed by atoms with van der Waals surface area (Å²) in [7, 11) is 0. The normalized spacial score (nSPS) is 10.8. The van der Waals surface area contributed by atoms with Crippen LogP contribution in [-0.2, 0) is 0 Å². The maximum Gasteiger partial charge on any atom is 0.109 e. The van der Waals surface area contributed by atoms with Gasteiger partial charge in [0.05, 0.1) is 0 Å². The second-order valence-electron chi connectivity index (χ2n) is 3.10. The van der Waals surface area contributed by atoms with Crippen molar-refractivity contribution in [3.05, 3.63) is 41.0 Å². The fourth-order valence-electron chi connectivity index (χ4n) is 1.04. The molecule has 65 valence electrons. The van der Waals surface area contributed by atoms with E-state index in [2.05, 4.69) is 13.8 Å². The molecule has 0 fully saturated rings. The molecular formula is C10H12ClO. The van der Waals surface area contributed by atoms with Gasteiger partial charge in [0.25, 0.3) is 0 Å². The van der Waals surface area contributed by atoms with Crippen molar-refractivity contribution in [2.24, 2.45) is 0 Å². The van der Waals surface area contributed by atoms with Crippen LogP contribution in [0, 0.1) is 6.61 Å². The van der Waals surface area contributed by atoms with E-state index in [4.69, 9.17) is 16.7 Å². The molecule has 0 aromatic heterocycles. The minimum atomic E-state index is 0.433. The van der Waals surface area contributed by atoms with Gasteiger partial charge in [-0.1, -0.05) is 31.5 Å². The molecule has 1 radical (unpaired) electrons. The molecule has 1 nitrogen and oxygen atoms in total. The highest BCUT2D eigenvalue weighted by Crippen LogP contribution is 2.21. The van der Waals surface area contributed by atoms with Gasteiger partial charge in [-0.3, -0.25) is 0 Å². The number of hydrogen-bond donors (Lipinski definition) is 1. The minimum absolute atomic E-state index is 0.433. The monoisotopic (exact) mass is 183 g/mol. The minimum Gasteiger partial charge on any atom is -0.385 e. The summed E-state index contributed by atoms with van der Waals surface area (Å²) in [6.45, 7) is 5.25. The Morgan fingerprint density at radius 3 is 2.50 bits per heavy atom. The Balaban J connectivity index is 3.06. The molecule has 0 amide bonds. The first-order chi connectivity index (χ1) is 5.63. The van der Waals surface area contributed by atoms with Crippen LogP contribution >= 0.6 is 11.6 Å². The molecule has 0 aliphatic carbocycles. The van der Waals surface area contributed by atoms with Crippen molar-refractivity contribution >= 4 is 11.6 Å². The summed E-state index contributed by atoms with van der Waals surface area (Å²) >= 11 is 5.84. The zero-order valence-corrected chi connectivity index (χ0v) is 7.97. The van der Waals surface area contributed by atoms with Crippen LogP contribution < -0.4 is 0 Å². The third-order valence-electron chi connectivity index (χ3n) is 1.76. The molecule has 0 aliphatic rings. The quantitative estimate of drug-likeness (QED) is 0.746. The van der Waals surface area contributed by atoms with E-state index >= 15 is 0 Å². The second kappa shape index (κ2) is 3.92. The molecule has 0 unspecified atom stereocenters. The summed E-state index contributed by atoms with van der Waals surface area (Å²) in [5.74, 6) is 0.433. The van der Waals surface area contributed by atoms with Crippen LogP contribution in [0.2, 0.25) is 5.02 Å². The summed E-state index contributed by atoms with van der Waals surface area (Å²) in [5.41, 5.74) is 1.90. The van der Waals surface area contributed by atoms with E-state index in [0.29, 0.717) is 10.9 Å². The van der Waals surface area contributed by atoms with Gasteiger partial charge in [-0.15, -0.1) is 0 Å². The van der Waals surface area contributed by atoms with E-state index in [9.17, 15) is 0 Å². The predicted octanol–water partition coefficient (Wildman–Crippen LogP) is 3.35. The standard InChI is InChI=1S/C10H12ClO/c1-7(2)9-3-8(6-12)4-10(11)5-9/h3-7,12H,1-2H3. The van der Waals surface area contributed by atoms with Crippen LogP contribution in [0.15, 0.2) is 18.2 Å². The third kappa shape index (κ3) is 2.23. The van der Waals surface area contributed by atoms with E-state index in [1.807, 2.05) is 12.1 Å². The molecule has 12 heavy (non-hydrogen) atoms. The van der Waals surface area contributed by atoms with Crippen LogP contribution in [-0.4, -0.2) is 5.11 Å². The lowest BCUT2D eigenvalue weighted by atomic mass is 10.0. The van der Waals surface area contributed by atoms with E-state index < -0.39 is 0 Å². The fourth-order valence-corrected chi connectivity index (χ4v) is 1.30. The highest BCUT2D eigenvalue weighted by molar-refractivity contribution is 6.30. The summed E-state index contributed by atoms with van der Waals surface area (Å²) in [5, 5.41) is 9.45. The Morgan fingerprint density at radius 1 is 1.33 bits per heavy atom. The molecule has 0 bridgehead atoms. The molecule has 1 N–H and O–H groups in total. The van der Waals surface area contributed by atoms with Gasteiger partial charge in [-0.05, 0) is 29.2 Å². The smallest absolute Gasteiger partial charge is 0.109 e. The van der Waals surface area contributed by atoms with Gasteiger partial charge >= 0.3 is 0 Å². The highest BCUT2D eigenvalue weighted by atomic mass is 35.5. The van der Waals surface area contributed by atoms with Gasteiger partial charge in [0.15, 0.2) is 0 Å². The van der Waals surface area contributed by atoms with Crippen LogP contribution in [0.25, 0.3) is 0 Å². The number of benzene rings is 1. The topological polar surface area (TPSA) is 20.2 Å². The van der Waals surface area contributed by atoms with Gasteiger partial charge in [0, 0.05) is 5.02 Å². The number of aliphatic hydroxyl groups excluding tert-OH is 1. The zero-order chi connectivity index (χ0) is 9.14. The lowest BCUT2D eigenvalue weighted by Crippen LogP contribution is -1.89. The highest BCUT2D eigenvalue weighted by Gasteiger charge is 2.02. The summed E-state index contributed by atoms with van der Waals surface area (Å²) < 4.78 is 0. The largest absolute Gasteiger partial charge is 0.385 e. The third-order valence-corrected chi connectivity index (χ3v) is 1.98. The first kappa shape index (κ1) is 9.56. The Kier molecular flexibility index (Phi) is 3.12. The summed E-state index contributed by atoms with van der Waals surface area (Å²) in [6.07, 6.45) is 0. The Hall–Kier alpha value is -0.530. The van der Waals surface area contributed by atoms with E-state index in [1.54, 1.807) is 6.07 Å². The van der Waals surface area contributed by atoms with Crippen LogP contribution in [0.1, 0.15) is 30.9 Å². The van der Waals surface area contributed by atoms with Crippen molar-refractivity contribution < 1.29 is 5.11 Å². The Morgan fingerprint density at radius 2 is 2.00 bits per heavy atom. The first-order valence-electron chi connectivity index (χ1n) is 3.91. The fraction of sp³-hybridized carbons (Fsp3) is 0.300. The first-order valence-corrected chi connectivity index (χ1v) is 4.29. The molecule has 0 saturated carbocycles. The van der Waals surface area contributed by atoms with Crippen molar-refractivity contribution in [3.8, 4) is 0 Å². The summed E-state index contributed by atoms with van der Waals surface area (Å²) in [4.78, 5) is 0. The van der Waals surface area contributed by atoms with Crippen molar-refractivity contribution in [1.29, 1.82) is 0 Å². The lowest BCUT2D eigenvalue weighted by molar-refractivity contribution is 0.414. The number of aliphatic hydroxyl groups is 1.